The average molecular weight is 326 g/mol. The van der Waals surface area contributed by atoms with E-state index in [4.69, 9.17) is 4.42 Å². The van der Waals surface area contributed by atoms with Gasteiger partial charge in [0.05, 0.1) is 12.0 Å². The first-order valence-corrected chi connectivity index (χ1v) is 8.41. The van der Waals surface area contributed by atoms with E-state index < -0.39 is 0 Å². The molecule has 0 aliphatic rings. The predicted octanol–water partition coefficient (Wildman–Crippen LogP) is 4.60. The van der Waals surface area contributed by atoms with E-state index >= 15 is 0 Å². The fourth-order valence-corrected chi connectivity index (χ4v) is 3.12. The van der Waals surface area contributed by atoms with Crippen LogP contribution in [0.15, 0.2) is 53.1 Å². The summed E-state index contributed by atoms with van der Waals surface area (Å²) in [4.78, 5) is 17.9. The van der Waals surface area contributed by atoms with E-state index in [1.165, 1.54) is 11.3 Å². The summed E-state index contributed by atoms with van der Waals surface area (Å²) >= 11 is 1.36. The van der Waals surface area contributed by atoms with Crippen molar-refractivity contribution in [2.24, 2.45) is 0 Å². The molecule has 0 saturated heterocycles. The Kier molecular flexibility index (Phi) is 4.57. The molecule has 4 nitrogen and oxygen atoms in total. The second kappa shape index (κ2) is 6.79. The molecule has 0 radical (unpaired) electrons. The predicted molar refractivity (Wildman–Crippen MR) is 92.5 cm³/mol. The molecular formula is C18H18N2O2S. The maximum Gasteiger partial charge on any atom is 0.263 e. The summed E-state index contributed by atoms with van der Waals surface area (Å²) in [5, 5.41) is 3.73. The molecule has 1 amide bonds. The molecule has 23 heavy (non-hydrogen) atoms. The van der Waals surface area contributed by atoms with Gasteiger partial charge in [-0.2, -0.15) is 0 Å². The number of thiazole rings is 1. The van der Waals surface area contributed by atoms with Crippen LogP contribution in [-0.2, 0) is 0 Å². The van der Waals surface area contributed by atoms with Gasteiger partial charge in [-0.3, -0.25) is 4.79 Å². The third kappa shape index (κ3) is 3.35. The van der Waals surface area contributed by atoms with E-state index in [1.54, 1.807) is 6.26 Å². The van der Waals surface area contributed by atoms with E-state index in [0.29, 0.717) is 21.3 Å². The highest BCUT2D eigenvalue weighted by Gasteiger charge is 2.21. The largest absolute Gasteiger partial charge is 0.462 e. The molecule has 0 saturated carbocycles. The van der Waals surface area contributed by atoms with Gasteiger partial charge in [0.1, 0.15) is 4.88 Å². The van der Waals surface area contributed by atoms with E-state index in [-0.39, 0.29) is 11.9 Å². The molecule has 0 aliphatic heterocycles. The maximum atomic E-state index is 12.6. The Hall–Kier alpha value is -2.40. The molecule has 1 atom stereocenters. The van der Waals surface area contributed by atoms with Crippen molar-refractivity contribution in [3.63, 3.8) is 0 Å². The van der Waals surface area contributed by atoms with Crippen LogP contribution in [0.5, 0.6) is 0 Å². The highest BCUT2D eigenvalue weighted by Crippen LogP contribution is 2.34. The van der Waals surface area contributed by atoms with E-state index in [9.17, 15) is 4.79 Å². The molecule has 0 unspecified atom stereocenters. The van der Waals surface area contributed by atoms with Crippen molar-refractivity contribution < 1.29 is 9.21 Å². The summed E-state index contributed by atoms with van der Waals surface area (Å²) in [6, 6.07) is 13.5. The lowest BCUT2D eigenvalue weighted by Crippen LogP contribution is -2.31. The molecule has 0 bridgehead atoms. The minimum atomic E-state index is -0.0893. The maximum absolute atomic E-state index is 12.6. The topological polar surface area (TPSA) is 55.1 Å². The minimum absolute atomic E-state index is 0.0893. The van der Waals surface area contributed by atoms with Crippen molar-refractivity contribution in [1.82, 2.24) is 10.3 Å². The van der Waals surface area contributed by atoms with Crippen molar-refractivity contribution >= 4 is 17.2 Å². The van der Waals surface area contributed by atoms with Crippen molar-refractivity contribution in [3.05, 3.63) is 53.6 Å². The van der Waals surface area contributed by atoms with Gasteiger partial charge in [0, 0.05) is 11.6 Å². The summed E-state index contributed by atoms with van der Waals surface area (Å²) in [7, 11) is 0. The van der Waals surface area contributed by atoms with Crippen LogP contribution in [-0.4, -0.2) is 16.9 Å². The van der Waals surface area contributed by atoms with Crippen molar-refractivity contribution in [2.75, 3.05) is 0 Å². The van der Waals surface area contributed by atoms with Crippen LogP contribution in [0.4, 0.5) is 0 Å². The number of hydrogen-bond donors (Lipinski definition) is 1. The fourth-order valence-electron chi connectivity index (χ4n) is 2.16. The molecule has 5 heteroatoms. The smallest absolute Gasteiger partial charge is 0.263 e. The van der Waals surface area contributed by atoms with Gasteiger partial charge in [-0.15, -0.1) is 11.3 Å². The standard InChI is InChI=1S/C18H18N2O2S/c1-3-12(2)19-17(21)16-15(13-8-5-4-6-9-13)20-18(23-16)14-10-7-11-22-14/h4-12H,3H2,1-2H3,(H,19,21)/t12-/m1/s1. The van der Waals surface area contributed by atoms with Gasteiger partial charge in [-0.25, -0.2) is 4.98 Å². The van der Waals surface area contributed by atoms with Crippen LogP contribution in [0.25, 0.3) is 22.0 Å². The van der Waals surface area contributed by atoms with Gasteiger partial charge in [-0.05, 0) is 25.5 Å². The Balaban J connectivity index is 2.04. The van der Waals surface area contributed by atoms with Crippen LogP contribution in [0.1, 0.15) is 29.9 Å². The van der Waals surface area contributed by atoms with Crippen LogP contribution in [0.3, 0.4) is 0 Å². The van der Waals surface area contributed by atoms with Gasteiger partial charge in [0.25, 0.3) is 5.91 Å². The van der Waals surface area contributed by atoms with Crippen molar-refractivity contribution in [3.8, 4) is 22.0 Å². The molecule has 3 rings (SSSR count). The van der Waals surface area contributed by atoms with Crippen LogP contribution in [0.2, 0.25) is 0 Å². The molecule has 2 aromatic heterocycles. The molecular weight excluding hydrogens is 308 g/mol. The lowest BCUT2D eigenvalue weighted by Gasteiger charge is -2.10. The first-order chi connectivity index (χ1) is 11.2. The van der Waals surface area contributed by atoms with Crippen molar-refractivity contribution in [2.45, 2.75) is 26.3 Å². The molecule has 1 N–H and O–H groups in total. The second-order valence-corrected chi connectivity index (χ2v) is 6.32. The summed E-state index contributed by atoms with van der Waals surface area (Å²) in [6.07, 6.45) is 2.49. The van der Waals surface area contributed by atoms with Crippen LogP contribution in [0, 0.1) is 0 Å². The number of hydrogen-bond acceptors (Lipinski definition) is 4. The number of aromatic nitrogens is 1. The summed E-state index contributed by atoms with van der Waals surface area (Å²) < 4.78 is 5.42. The quantitative estimate of drug-likeness (QED) is 0.745. The monoisotopic (exact) mass is 326 g/mol. The Morgan fingerprint density at radius 2 is 2.04 bits per heavy atom. The molecule has 0 fully saturated rings. The lowest BCUT2D eigenvalue weighted by molar-refractivity contribution is 0.0944. The molecule has 0 spiro atoms. The van der Waals surface area contributed by atoms with Gasteiger partial charge in [0.2, 0.25) is 0 Å². The fraction of sp³-hybridized carbons (Fsp3) is 0.222. The van der Waals surface area contributed by atoms with Crippen LogP contribution >= 0.6 is 11.3 Å². The summed E-state index contributed by atoms with van der Waals surface area (Å²) in [5.41, 5.74) is 1.62. The number of benzene rings is 1. The van der Waals surface area contributed by atoms with Gasteiger partial charge < -0.3 is 9.73 Å². The normalized spacial score (nSPS) is 12.1. The lowest BCUT2D eigenvalue weighted by atomic mass is 10.1. The molecule has 0 aliphatic carbocycles. The van der Waals surface area contributed by atoms with Gasteiger partial charge in [-0.1, -0.05) is 37.3 Å². The first kappa shape index (κ1) is 15.5. The highest BCUT2D eigenvalue weighted by molar-refractivity contribution is 7.17. The van der Waals surface area contributed by atoms with E-state index in [2.05, 4.69) is 10.3 Å². The first-order valence-electron chi connectivity index (χ1n) is 7.60. The Labute approximate surface area is 139 Å². The Bertz CT molecular complexity index is 779. The molecule has 2 heterocycles. The number of furan rings is 1. The number of carbonyl (C=O) groups excluding carboxylic acids is 1. The minimum Gasteiger partial charge on any atom is -0.462 e. The zero-order valence-corrected chi connectivity index (χ0v) is 13.9. The third-order valence-electron chi connectivity index (χ3n) is 3.60. The average Bonchev–Trinajstić information content (AvgIpc) is 3.24. The van der Waals surface area contributed by atoms with E-state index in [0.717, 1.165) is 12.0 Å². The van der Waals surface area contributed by atoms with E-state index in [1.807, 2.05) is 56.3 Å². The number of carbonyl (C=O) groups is 1. The summed E-state index contributed by atoms with van der Waals surface area (Å²) in [6.45, 7) is 4.04. The van der Waals surface area contributed by atoms with Gasteiger partial charge >= 0.3 is 0 Å². The molecule has 118 valence electrons. The second-order valence-electron chi connectivity index (χ2n) is 5.32. The zero-order valence-electron chi connectivity index (χ0n) is 13.1. The number of nitrogens with zero attached hydrogens (tertiary/aromatic N) is 1. The Morgan fingerprint density at radius 1 is 1.26 bits per heavy atom. The van der Waals surface area contributed by atoms with Gasteiger partial charge in [0.15, 0.2) is 10.8 Å². The molecule has 3 aromatic rings. The number of nitrogens with one attached hydrogen (secondary N) is 1. The summed E-state index contributed by atoms with van der Waals surface area (Å²) in [5.74, 6) is 0.586. The SMILES string of the molecule is CC[C@@H](C)NC(=O)c1sc(-c2ccco2)nc1-c1ccccc1. The zero-order chi connectivity index (χ0) is 16.2. The third-order valence-corrected chi connectivity index (χ3v) is 4.67. The molecule has 1 aromatic carbocycles. The number of rotatable bonds is 5. The number of amides is 1. The Morgan fingerprint density at radius 3 is 2.70 bits per heavy atom. The highest BCUT2D eigenvalue weighted by atomic mass is 32.1. The van der Waals surface area contributed by atoms with Crippen molar-refractivity contribution in [1.29, 1.82) is 0 Å². The van der Waals surface area contributed by atoms with Crippen LogP contribution < -0.4 is 5.32 Å².